The number of nitrogens with zero attached hydrogens (tertiary/aromatic N) is 6. The van der Waals surface area contributed by atoms with Gasteiger partial charge in [0.2, 0.25) is 0 Å². The van der Waals surface area contributed by atoms with Crippen LogP contribution in [0.1, 0.15) is 24.4 Å². The van der Waals surface area contributed by atoms with Crippen LogP contribution in [0, 0.1) is 23.2 Å². The molecule has 1 aliphatic heterocycles. The van der Waals surface area contributed by atoms with Gasteiger partial charge in [0.05, 0.1) is 28.8 Å². The summed E-state index contributed by atoms with van der Waals surface area (Å²) >= 11 is 1.68. The molecule has 1 saturated carbocycles. The molecule has 0 N–H and O–H groups in total. The zero-order chi connectivity index (χ0) is 19.8. The number of thiophene rings is 1. The van der Waals surface area contributed by atoms with Gasteiger partial charge in [0.15, 0.2) is 0 Å². The average Bonchev–Trinajstić information content (AvgIpc) is 3.52. The normalized spacial score (nSPS) is 26.3. The van der Waals surface area contributed by atoms with Crippen molar-refractivity contribution in [2.24, 2.45) is 11.8 Å². The Bertz CT molecular complexity index is 1010. The summed E-state index contributed by atoms with van der Waals surface area (Å²) in [5.74, 6) is 2.09. The summed E-state index contributed by atoms with van der Waals surface area (Å²) in [5, 5.41) is 19.9. The van der Waals surface area contributed by atoms with Crippen molar-refractivity contribution in [1.82, 2.24) is 20.0 Å². The first-order valence-corrected chi connectivity index (χ1v) is 10.7. The van der Waals surface area contributed by atoms with E-state index >= 15 is 0 Å². The summed E-state index contributed by atoms with van der Waals surface area (Å²) in [6.45, 7) is 1.96. The van der Waals surface area contributed by atoms with Crippen molar-refractivity contribution in [1.29, 1.82) is 5.26 Å². The van der Waals surface area contributed by atoms with E-state index in [-0.39, 0.29) is 12.1 Å². The molecule has 2 fully saturated rings. The minimum atomic E-state index is 0.128. The van der Waals surface area contributed by atoms with E-state index in [1.54, 1.807) is 24.6 Å². The first-order chi connectivity index (χ1) is 14.2. The summed E-state index contributed by atoms with van der Waals surface area (Å²) in [7, 11) is 1.80. The average molecular weight is 407 g/mol. The Balaban J connectivity index is 1.34. The van der Waals surface area contributed by atoms with Gasteiger partial charge >= 0.3 is 0 Å². The van der Waals surface area contributed by atoms with E-state index in [1.165, 1.54) is 0 Å². The van der Waals surface area contributed by atoms with Crippen LogP contribution in [0.4, 0.5) is 5.82 Å². The van der Waals surface area contributed by atoms with Crippen molar-refractivity contribution in [2.75, 3.05) is 25.1 Å². The largest absolute Gasteiger partial charge is 0.379 e. The lowest BCUT2D eigenvalue weighted by Crippen LogP contribution is -2.37. The third-order valence-corrected chi connectivity index (χ3v) is 7.10. The number of ether oxygens (including phenoxy) is 1. The highest BCUT2D eigenvalue weighted by molar-refractivity contribution is 7.13. The molecule has 0 amide bonds. The summed E-state index contributed by atoms with van der Waals surface area (Å²) in [5.41, 5.74) is 1.52. The van der Waals surface area contributed by atoms with E-state index in [1.807, 2.05) is 22.9 Å². The minimum Gasteiger partial charge on any atom is -0.379 e. The number of nitriles is 1. The Morgan fingerprint density at radius 3 is 2.76 bits per heavy atom. The molecule has 0 unspecified atom stereocenters. The van der Waals surface area contributed by atoms with Crippen LogP contribution in [0.25, 0.3) is 10.6 Å². The number of pyridine rings is 1. The zero-order valence-electron chi connectivity index (χ0n) is 16.2. The monoisotopic (exact) mass is 406 g/mol. The number of fused-ring (bicyclic) bond motifs is 1. The molecular weight excluding hydrogens is 384 g/mol. The van der Waals surface area contributed by atoms with Crippen molar-refractivity contribution < 1.29 is 4.74 Å². The highest BCUT2D eigenvalue weighted by atomic mass is 32.1. The Morgan fingerprint density at radius 1 is 1.21 bits per heavy atom. The molecule has 4 heterocycles. The molecule has 4 atom stereocenters. The van der Waals surface area contributed by atoms with E-state index < -0.39 is 0 Å². The second-order valence-electron chi connectivity index (χ2n) is 7.82. The van der Waals surface area contributed by atoms with Crippen LogP contribution in [0.3, 0.4) is 0 Å². The summed E-state index contributed by atoms with van der Waals surface area (Å²) in [6, 6.07) is 10.2. The van der Waals surface area contributed by atoms with Crippen LogP contribution in [0.15, 0.2) is 42.0 Å². The van der Waals surface area contributed by atoms with Gasteiger partial charge in [-0.1, -0.05) is 11.3 Å². The highest BCUT2D eigenvalue weighted by Gasteiger charge is 2.43. The van der Waals surface area contributed by atoms with Crippen molar-refractivity contribution in [2.45, 2.75) is 25.0 Å². The standard InChI is InChI=1S/C21H22N6OS/c1-28-19-8-16-12-26(21-5-4-14(9-22)10-23-21)11-15(16)7-18(19)27-13-17(24-25-27)20-3-2-6-29-20/h2-6,10,13,15-16,18-19H,7-8,11-12H2,1H3/t15-,16+,18-,19-/m1/s1. The SMILES string of the molecule is CO[C@@H]1C[C@H]2CN(c3ccc(C#N)cn3)C[C@H]2C[C@H]1n1cc(-c2cccs2)nn1. The molecule has 29 heavy (non-hydrogen) atoms. The summed E-state index contributed by atoms with van der Waals surface area (Å²) in [4.78, 5) is 7.96. The lowest BCUT2D eigenvalue weighted by atomic mass is 9.77. The second kappa shape index (κ2) is 7.58. The second-order valence-corrected chi connectivity index (χ2v) is 8.76. The van der Waals surface area contributed by atoms with Gasteiger partial charge in [-0.05, 0) is 48.3 Å². The molecule has 3 aromatic rings. The first kappa shape index (κ1) is 18.3. The van der Waals surface area contributed by atoms with Gasteiger partial charge in [-0.2, -0.15) is 5.26 Å². The molecule has 7 nitrogen and oxygen atoms in total. The van der Waals surface area contributed by atoms with Crippen LogP contribution < -0.4 is 4.90 Å². The fourth-order valence-corrected chi connectivity index (χ4v) is 5.40. The van der Waals surface area contributed by atoms with Crippen molar-refractivity contribution in [3.63, 3.8) is 0 Å². The molecule has 5 rings (SSSR count). The predicted octanol–water partition coefficient (Wildman–Crippen LogP) is 3.38. The van der Waals surface area contributed by atoms with Crippen LogP contribution in [-0.4, -0.2) is 46.3 Å². The van der Waals surface area contributed by atoms with E-state index in [2.05, 4.69) is 43.9 Å². The van der Waals surface area contributed by atoms with E-state index in [0.29, 0.717) is 17.4 Å². The molecule has 0 radical (unpaired) electrons. The van der Waals surface area contributed by atoms with Crippen molar-refractivity contribution in [3.8, 4) is 16.6 Å². The van der Waals surface area contributed by atoms with Gasteiger partial charge in [-0.15, -0.1) is 16.4 Å². The Hall–Kier alpha value is -2.76. The number of rotatable bonds is 4. The molecule has 1 saturated heterocycles. The zero-order valence-corrected chi connectivity index (χ0v) is 17.0. The molecule has 0 aromatic carbocycles. The number of methoxy groups -OCH3 is 1. The summed E-state index contributed by atoms with van der Waals surface area (Å²) in [6.07, 6.45) is 5.86. The van der Waals surface area contributed by atoms with Crippen LogP contribution >= 0.6 is 11.3 Å². The third-order valence-electron chi connectivity index (χ3n) is 6.21. The number of hydrogen-bond acceptors (Lipinski definition) is 7. The molecule has 3 aromatic heterocycles. The van der Waals surface area contributed by atoms with Gasteiger partial charge in [0, 0.05) is 26.4 Å². The van der Waals surface area contributed by atoms with E-state index in [4.69, 9.17) is 10.00 Å². The minimum absolute atomic E-state index is 0.128. The molecule has 148 valence electrons. The third kappa shape index (κ3) is 3.41. The molecule has 0 spiro atoms. The first-order valence-electron chi connectivity index (χ1n) is 9.84. The van der Waals surface area contributed by atoms with Gasteiger partial charge in [0.25, 0.3) is 0 Å². The highest BCUT2D eigenvalue weighted by Crippen LogP contribution is 2.43. The van der Waals surface area contributed by atoms with Gasteiger partial charge in [0.1, 0.15) is 17.6 Å². The Morgan fingerprint density at radius 2 is 2.07 bits per heavy atom. The lowest BCUT2D eigenvalue weighted by molar-refractivity contribution is -0.00541. The maximum absolute atomic E-state index is 8.99. The maximum Gasteiger partial charge on any atom is 0.128 e. The predicted molar refractivity (Wildman–Crippen MR) is 111 cm³/mol. The number of hydrogen-bond donors (Lipinski definition) is 0. The number of anilines is 1. The topological polar surface area (TPSA) is 79.9 Å². The van der Waals surface area contributed by atoms with Gasteiger partial charge in [-0.3, -0.25) is 0 Å². The van der Waals surface area contributed by atoms with Gasteiger partial charge < -0.3 is 9.64 Å². The van der Waals surface area contributed by atoms with Crippen molar-refractivity contribution in [3.05, 3.63) is 47.6 Å². The van der Waals surface area contributed by atoms with Crippen LogP contribution in [-0.2, 0) is 4.74 Å². The van der Waals surface area contributed by atoms with Gasteiger partial charge in [-0.25, -0.2) is 9.67 Å². The Kier molecular flexibility index (Phi) is 4.78. The summed E-state index contributed by atoms with van der Waals surface area (Å²) < 4.78 is 7.88. The molecule has 2 aliphatic rings. The molecule has 1 aliphatic carbocycles. The van der Waals surface area contributed by atoms with Crippen molar-refractivity contribution >= 4 is 17.2 Å². The molecule has 8 heteroatoms. The Labute approximate surface area is 173 Å². The fourth-order valence-electron chi connectivity index (χ4n) is 4.72. The van der Waals surface area contributed by atoms with E-state index in [9.17, 15) is 0 Å². The number of aromatic nitrogens is 4. The smallest absolute Gasteiger partial charge is 0.128 e. The van der Waals surface area contributed by atoms with E-state index in [0.717, 1.165) is 42.3 Å². The molecule has 0 bridgehead atoms. The van der Waals surface area contributed by atoms with Crippen LogP contribution in [0.5, 0.6) is 0 Å². The maximum atomic E-state index is 8.99. The quantitative estimate of drug-likeness (QED) is 0.661. The van der Waals surface area contributed by atoms with Crippen LogP contribution in [0.2, 0.25) is 0 Å². The lowest BCUT2D eigenvalue weighted by Gasteiger charge is -2.36. The fraction of sp³-hybridized carbons (Fsp3) is 0.429. The molecular formula is C21H22N6OS.